The van der Waals surface area contributed by atoms with E-state index in [2.05, 4.69) is 29.9 Å². The second kappa shape index (κ2) is 6.75. The van der Waals surface area contributed by atoms with Crippen LogP contribution >= 0.6 is 35.7 Å². The van der Waals surface area contributed by atoms with Crippen LogP contribution in [0.25, 0.3) is 0 Å². The van der Waals surface area contributed by atoms with Crippen molar-refractivity contribution < 1.29 is 0 Å². The van der Waals surface area contributed by atoms with Gasteiger partial charge >= 0.3 is 0 Å². The highest BCUT2D eigenvalue weighted by Crippen LogP contribution is 2.31. The molecule has 1 nitrogen and oxygen atoms in total. The molecule has 0 aromatic carbocycles. The Balaban J connectivity index is 2.23. The summed E-state index contributed by atoms with van der Waals surface area (Å²) in [5, 5.41) is 2.09. The molecule has 0 radical (unpaired) electrons. The third kappa shape index (κ3) is 4.71. The Morgan fingerprint density at radius 1 is 1.57 bits per heavy atom. The van der Waals surface area contributed by atoms with Crippen LogP contribution in [0.4, 0.5) is 0 Å². The highest BCUT2D eigenvalue weighted by molar-refractivity contribution is 8.11. The molecule has 0 N–H and O–H groups in total. The monoisotopic (exact) mass is 247 g/mol. The number of aryl methyl sites for hydroxylation is 1. The van der Waals surface area contributed by atoms with Crippen molar-refractivity contribution in [2.24, 2.45) is 0 Å². The molecular weight excluding hydrogens is 230 g/mol. The quantitative estimate of drug-likeness (QED) is 0.347. The fourth-order valence-corrected chi connectivity index (χ4v) is 3.78. The number of thioether (sulfide) groups is 1. The first-order chi connectivity index (χ1) is 6.72. The zero-order valence-electron chi connectivity index (χ0n) is 8.69. The van der Waals surface area contributed by atoms with E-state index < -0.39 is 0 Å². The summed E-state index contributed by atoms with van der Waals surface area (Å²) in [4.78, 5) is 4.41. The standard InChI is InChI=1S/C10H17NS3/c1-3-4-5-6-9(12)14-10-11-8(2)7-13-10/h7,9,12H,3-6H2,1-2H3. The number of unbranched alkanes of at least 4 members (excludes halogenated alkanes) is 2. The van der Waals surface area contributed by atoms with E-state index in [1.54, 1.807) is 23.1 Å². The Morgan fingerprint density at radius 3 is 2.93 bits per heavy atom. The van der Waals surface area contributed by atoms with Crippen LogP contribution in [-0.4, -0.2) is 9.57 Å². The number of hydrogen-bond donors (Lipinski definition) is 1. The molecule has 14 heavy (non-hydrogen) atoms. The van der Waals surface area contributed by atoms with Crippen LogP contribution in [-0.2, 0) is 0 Å². The molecule has 0 spiro atoms. The molecule has 0 saturated heterocycles. The zero-order valence-corrected chi connectivity index (χ0v) is 11.2. The lowest BCUT2D eigenvalue weighted by molar-refractivity contribution is 0.697. The maximum Gasteiger partial charge on any atom is 0.151 e. The molecule has 0 aliphatic carbocycles. The molecular formula is C10H17NS3. The van der Waals surface area contributed by atoms with Crippen LogP contribution in [0.3, 0.4) is 0 Å². The first-order valence-electron chi connectivity index (χ1n) is 4.99. The average molecular weight is 247 g/mol. The van der Waals surface area contributed by atoms with Crippen molar-refractivity contribution in [3.63, 3.8) is 0 Å². The van der Waals surface area contributed by atoms with E-state index in [-0.39, 0.29) is 0 Å². The highest BCUT2D eigenvalue weighted by atomic mass is 32.2. The first kappa shape index (κ1) is 12.4. The fraction of sp³-hybridized carbons (Fsp3) is 0.700. The lowest BCUT2D eigenvalue weighted by Crippen LogP contribution is -1.91. The van der Waals surface area contributed by atoms with Crippen LogP contribution in [0, 0.1) is 6.92 Å². The van der Waals surface area contributed by atoms with E-state index in [1.807, 2.05) is 6.92 Å². The summed E-state index contributed by atoms with van der Waals surface area (Å²) >= 11 is 8.06. The van der Waals surface area contributed by atoms with Gasteiger partial charge in [-0.3, -0.25) is 0 Å². The molecule has 0 aliphatic heterocycles. The van der Waals surface area contributed by atoms with Gasteiger partial charge < -0.3 is 0 Å². The van der Waals surface area contributed by atoms with Gasteiger partial charge in [0.2, 0.25) is 0 Å². The zero-order chi connectivity index (χ0) is 10.4. The molecule has 1 unspecified atom stereocenters. The molecule has 0 amide bonds. The Morgan fingerprint density at radius 2 is 2.36 bits per heavy atom. The molecule has 1 heterocycles. The van der Waals surface area contributed by atoms with Gasteiger partial charge in [0, 0.05) is 11.1 Å². The van der Waals surface area contributed by atoms with Crippen molar-refractivity contribution in [3.8, 4) is 0 Å². The van der Waals surface area contributed by atoms with Crippen LogP contribution in [0.5, 0.6) is 0 Å². The normalized spacial score (nSPS) is 13.1. The van der Waals surface area contributed by atoms with Gasteiger partial charge in [-0.2, -0.15) is 12.6 Å². The first-order valence-corrected chi connectivity index (χ1v) is 7.26. The van der Waals surface area contributed by atoms with Gasteiger partial charge in [-0.15, -0.1) is 11.3 Å². The van der Waals surface area contributed by atoms with E-state index in [0.29, 0.717) is 4.58 Å². The minimum atomic E-state index is 0.409. The maximum absolute atomic E-state index is 4.55. The Kier molecular flexibility index (Phi) is 5.98. The van der Waals surface area contributed by atoms with E-state index >= 15 is 0 Å². The summed E-state index contributed by atoms with van der Waals surface area (Å²) in [6.07, 6.45) is 5.05. The van der Waals surface area contributed by atoms with Crippen LogP contribution < -0.4 is 0 Å². The van der Waals surface area contributed by atoms with Crippen molar-refractivity contribution in [2.75, 3.05) is 0 Å². The van der Waals surface area contributed by atoms with Gasteiger partial charge in [-0.05, 0) is 13.3 Å². The molecule has 0 bridgehead atoms. The fourth-order valence-electron chi connectivity index (χ4n) is 1.13. The van der Waals surface area contributed by atoms with Crippen molar-refractivity contribution in [3.05, 3.63) is 11.1 Å². The third-order valence-electron chi connectivity index (χ3n) is 1.89. The lowest BCUT2D eigenvalue weighted by Gasteiger charge is -2.06. The van der Waals surface area contributed by atoms with Gasteiger partial charge in [-0.25, -0.2) is 4.98 Å². The SMILES string of the molecule is CCCCCC(S)Sc1nc(C)cs1. The largest absolute Gasteiger partial charge is 0.235 e. The summed E-state index contributed by atoms with van der Waals surface area (Å²) in [6, 6.07) is 0. The molecule has 1 rings (SSSR count). The number of hydrogen-bond acceptors (Lipinski definition) is 4. The topological polar surface area (TPSA) is 12.9 Å². The molecule has 0 aliphatic rings. The molecule has 4 heteroatoms. The second-order valence-corrected chi connectivity index (χ2v) is 6.60. The molecule has 1 aromatic rings. The molecule has 1 atom stereocenters. The minimum absolute atomic E-state index is 0.409. The number of aromatic nitrogens is 1. The predicted octanol–water partition coefficient (Wildman–Crippen LogP) is 4.38. The van der Waals surface area contributed by atoms with Gasteiger partial charge in [0.15, 0.2) is 4.34 Å². The molecule has 0 fully saturated rings. The predicted molar refractivity (Wildman–Crippen MR) is 69.6 cm³/mol. The minimum Gasteiger partial charge on any atom is -0.235 e. The Bertz CT molecular complexity index is 260. The number of rotatable bonds is 6. The highest BCUT2D eigenvalue weighted by Gasteiger charge is 2.07. The Hall–Kier alpha value is 0.330. The maximum atomic E-state index is 4.55. The molecule has 80 valence electrons. The van der Waals surface area contributed by atoms with Gasteiger partial charge in [0.1, 0.15) is 0 Å². The van der Waals surface area contributed by atoms with Crippen molar-refractivity contribution in [1.82, 2.24) is 4.98 Å². The van der Waals surface area contributed by atoms with Crippen LogP contribution in [0.2, 0.25) is 0 Å². The summed E-state index contributed by atoms with van der Waals surface area (Å²) in [7, 11) is 0. The summed E-state index contributed by atoms with van der Waals surface area (Å²) in [5.74, 6) is 0. The smallest absolute Gasteiger partial charge is 0.151 e. The van der Waals surface area contributed by atoms with E-state index in [0.717, 1.165) is 10.0 Å². The second-order valence-electron chi connectivity index (χ2n) is 3.32. The Labute approximate surface area is 100 Å². The van der Waals surface area contributed by atoms with E-state index in [9.17, 15) is 0 Å². The van der Waals surface area contributed by atoms with Crippen molar-refractivity contribution in [2.45, 2.75) is 48.5 Å². The lowest BCUT2D eigenvalue weighted by atomic mass is 10.2. The molecule has 1 aromatic heterocycles. The van der Waals surface area contributed by atoms with E-state index in [4.69, 9.17) is 0 Å². The van der Waals surface area contributed by atoms with Crippen molar-refractivity contribution in [1.29, 1.82) is 0 Å². The van der Waals surface area contributed by atoms with E-state index in [1.165, 1.54) is 25.7 Å². The van der Waals surface area contributed by atoms with Crippen molar-refractivity contribution >= 4 is 35.7 Å². The van der Waals surface area contributed by atoms with Gasteiger partial charge in [-0.1, -0.05) is 37.9 Å². The van der Waals surface area contributed by atoms with Crippen LogP contribution in [0.15, 0.2) is 9.72 Å². The summed E-state index contributed by atoms with van der Waals surface area (Å²) in [5.41, 5.74) is 1.12. The van der Waals surface area contributed by atoms with Gasteiger partial charge in [0.25, 0.3) is 0 Å². The van der Waals surface area contributed by atoms with Gasteiger partial charge in [0.05, 0.1) is 4.58 Å². The number of thiazole rings is 1. The summed E-state index contributed by atoms with van der Waals surface area (Å²) < 4.78 is 1.56. The molecule has 0 saturated carbocycles. The van der Waals surface area contributed by atoms with Crippen LogP contribution in [0.1, 0.15) is 38.3 Å². The average Bonchev–Trinajstić information content (AvgIpc) is 2.52. The number of nitrogens with zero attached hydrogens (tertiary/aromatic N) is 1. The third-order valence-corrected chi connectivity index (χ3v) is 4.59. The summed E-state index contributed by atoms with van der Waals surface area (Å²) in [6.45, 7) is 4.26. The number of thiol groups is 1.